The molecule has 2 aromatic heterocycles. The summed E-state index contributed by atoms with van der Waals surface area (Å²) in [6.07, 6.45) is 8.46. The number of nitrogens with zero attached hydrogens (tertiary/aromatic N) is 6. The molecule has 3 aliphatic heterocycles. The molecule has 2 saturated heterocycles. The SMILES string of the molecule is CCc1cc(Nc2ncc(Cl)c(Nc3ccc4nccnc4c3NS(C)(=O)=O)n2)c(OC)cc1N1CCC(Nc2cccc3c2CN(C2CCC(=O)NC2=O)C3=O)CC1. The van der Waals surface area contributed by atoms with Crippen LogP contribution in [-0.2, 0) is 32.6 Å². The number of benzene rings is 3. The van der Waals surface area contributed by atoms with E-state index in [-0.39, 0.29) is 46.8 Å². The molecule has 5 heterocycles. The molecule has 306 valence electrons. The van der Waals surface area contributed by atoms with Gasteiger partial charge in [-0.3, -0.25) is 34.4 Å². The maximum absolute atomic E-state index is 13.4. The molecule has 8 rings (SSSR count). The molecule has 17 nitrogen and oxygen atoms in total. The summed E-state index contributed by atoms with van der Waals surface area (Å²) in [5.74, 6) is 0.112. The quantitative estimate of drug-likeness (QED) is 0.100. The Bertz CT molecular complexity index is 2600. The molecule has 5 aromatic rings. The first-order chi connectivity index (χ1) is 28.4. The number of aryl methyl sites for hydroxylation is 1. The van der Waals surface area contributed by atoms with Crippen molar-refractivity contribution in [2.75, 3.05) is 52.0 Å². The van der Waals surface area contributed by atoms with E-state index in [1.807, 2.05) is 24.3 Å². The topological polar surface area (TPSA) is 213 Å². The van der Waals surface area contributed by atoms with Gasteiger partial charge in [-0.05, 0) is 61.6 Å². The number of amides is 3. The van der Waals surface area contributed by atoms with Gasteiger partial charge in [0.2, 0.25) is 27.8 Å². The van der Waals surface area contributed by atoms with Gasteiger partial charge < -0.3 is 30.5 Å². The van der Waals surface area contributed by atoms with Crippen molar-refractivity contribution in [2.45, 2.75) is 57.7 Å². The van der Waals surface area contributed by atoms with Crippen LogP contribution in [0.1, 0.15) is 54.1 Å². The summed E-state index contributed by atoms with van der Waals surface area (Å²) >= 11 is 6.54. The Morgan fingerprint density at radius 2 is 1.76 bits per heavy atom. The molecule has 19 heteroatoms. The standard InChI is InChI=1S/C40H42ClN11O6S/c1-4-22-18-30(47-40-44-20-26(41)37(49-40)46-29-9-8-28-35(43-15-14-42-28)36(29)50-59(3,56)57)33(58-2)19-32(22)51-16-12-23(13-17-51)45-27-7-5-6-24-25(27)21-52(39(24)55)31-10-11-34(53)48-38(31)54/h5-9,14-15,18-20,23,31,45,50H,4,10-13,16-17,21H2,1-3H3,(H,48,53,54)(H2,44,46,47,49). The molecule has 0 radical (unpaired) electrons. The average Bonchev–Trinajstić information content (AvgIpc) is 3.56. The van der Waals surface area contributed by atoms with E-state index < -0.39 is 22.0 Å². The van der Waals surface area contributed by atoms with Crippen LogP contribution in [0.4, 0.5) is 40.2 Å². The maximum atomic E-state index is 13.4. The molecule has 0 aliphatic carbocycles. The smallest absolute Gasteiger partial charge is 0.255 e. The lowest BCUT2D eigenvalue weighted by Crippen LogP contribution is -2.52. The van der Waals surface area contributed by atoms with Crippen molar-refractivity contribution >= 4 is 90.6 Å². The maximum Gasteiger partial charge on any atom is 0.255 e. The minimum Gasteiger partial charge on any atom is -0.494 e. The number of sulfonamides is 1. The highest BCUT2D eigenvalue weighted by atomic mass is 35.5. The van der Waals surface area contributed by atoms with Crippen LogP contribution in [0, 0.1) is 0 Å². The zero-order valence-electron chi connectivity index (χ0n) is 32.5. The van der Waals surface area contributed by atoms with Crippen molar-refractivity contribution in [1.82, 2.24) is 30.2 Å². The monoisotopic (exact) mass is 839 g/mol. The molecule has 0 bridgehead atoms. The number of carbonyl (C=O) groups is 3. The fraction of sp³-hybridized carbons (Fsp3) is 0.325. The lowest BCUT2D eigenvalue weighted by molar-refractivity contribution is -0.136. The van der Waals surface area contributed by atoms with E-state index >= 15 is 0 Å². The summed E-state index contributed by atoms with van der Waals surface area (Å²) in [6, 6.07) is 12.6. The number of rotatable bonds is 12. The number of piperidine rings is 2. The van der Waals surface area contributed by atoms with E-state index in [1.54, 1.807) is 30.2 Å². The molecule has 3 aromatic carbocycles. The van der Waals surface area contributed by atoms with Crippen molar-refractivity contribution < 1.29 is 27.5 Å². The van der Waals surface area contributed by atoms with Gasteiger partial charge in [-0.2, -0.15) is 4.98 Å². The highest BCUT2D eigenvalue weighted by molar-refractivity contribution is 7.92. The van der Waals surface area contributed by atoms with E-state index in [2.05, 4.69) is 57.7 Å². The molecule has 0 saturated carbocycles. The number of ether oxygens (including phenoxy) is 1. The predicted octanol–water partition coefficient (Wildman–Crippen LogP) is 5.34. The van der Waals surface area contributed by atoms with Crippen LogP contribution in [0.15, 0.2) is 61.1 Å². The van der Waals surface area contributed by atoms with Gasteiger partial charge in [-0.25, -0.2) is 13.4 Å². The summed E-state index contributed by atoms with van der Waals surface area (Å²) in [4.78, 5) is 59.2. The number of hydrogen-bond acceptors (Lipinski definition) is 14. The van der Waals surface area contributed by atoms with E-state index in [0.29, 0.717) is 46.7 Å². The molecule has 5 N–H and O–H groups in total. The summed E-state index contributed by atoms with van der Waals surface area (Å²) in [6.45, 7) is 3.96. The Labute approximate surface area is 345 Å². The minimum absolute atomic E-state index is 0.163. The van der Waals surface area contributed by atoms with Crippen LogP contribution in [0.3, 0.4) is 0 Å². The molecular weight excluding hydrogens is 798 g/mol. The Morgan fingerprint density at radius 1 is 0.966 bits per heavy atom. The second kappa shape index (κ2) is 16.2. The van der Waals surface area contributed by atoms with Gasteiger partial charge in [0.1, 0.15) is 22.3 Å². The third-order valence-corrected chi connectivity index (χ3v) is 11.6. The fourth-order valence-corrected chi connectivity index (χ4v) is 8.57. The molecule has 3 aliphatic rings. The van der Waals surface area contributed by atoms with Crippen molar-refractivity contribution in [1.29, 1.82) is 0 Å². The molecule has 3 amide bonds. The van der Waals surface area contributed by atoms with Gasteiger partial charge in [0.05, 0.1) is 42.1 Å². The van der Waals surface area contributed by atoms with Crippen LogP contribution in [-0.4, -0.2) is 89.5 Å². The molecule has 1 atom stereocenters. The number of hydrogen-bond donors (Lipinski definition) is 5. The zero-order chi connectivity index (χ0) is 41.4. The first-order valence-corrected chi connectivity index (χ1v) is 21.4. The van der Waals surface area contributed by atoms with Crippen LogP contribution in [0.5, 0.6) is 5.75 Å². The third-order valence-electron chi connectivity index (χ3n) is 10.7. The van der Waals surface area contributed by atoms with Crippen molar-refractivity contribution in [3.63, 3.8) is 0 Å². The zero-order valence-corrected chi connectivity index (χ0v) is 34.1. The summed E-state index contributed by atoms with van der Waals surface area (Å²) in [5.41, 5.74) is 6.55. The van der Waals surface area contributed by atoms with Gasteiger partial charge in [0.25, 0.3) is 5.91 Å². The number of fused-ring (bicyclic) bond motifs is 2. The number of nitrogens with one attached hydrogen (secondary N) is 5. The molecule has 2 fully saturated rings. The van der Waals surface area contributed by atoms with Crippen molar-refractivity contribution in [2.24, 2.45) is 0 Å². The van der Waals surface area contributed by atoms with Crippen LogP contribution >= 0.6 is 11.6 Å². The Balaban J connectivity index is 0.961. The second-order valence-electron chi connectivity index (χ2n) is 14.6. The van der Waals surface area contributed by atoms with Crippen LogP contribution < -0.4 is 35.6 Å². The van der Waals surface area contributed by atoms with Gasteiger partial charge in [-0.1, -0.05) is 24.6 Å². The lowest BCUT2D eigenvalue weighted by atomic mass is 10.00. The molecule has 1 unspecified atom stereocenters. The van der Waals surface area contributed by atoms with E-state index in [0.717, 1.165) is 61.1 Å². The van der Waals surface area contributed by atoms with Crippen LogP contribution in [0.2, 0.25) is 5.02 Å². The fourth-order valence-electron chi connectivity index (χ4n) is 7.86. The normalized spacial score (nSPS) is 17.2. The second-order valence-corrected chi connectivity index (χ2v) is 16.8. The highest BCUT2D eigenvalue weighted by Crippen LogP contribution is 2.39. The van der Waals surface area contributed by atoms with Crippen LogP contribution in [0.25, 0.3) is 11.0 Å². The number of halogens is 1. The minimum atomic E-state index is -3.68. The summed E-state index contributed by atoms with van der Waals surface area (Å²) in [7, 11) is -2.08. The van der Waals surface area contributed by atoms with E-state index in [1.165, 1.54) is 18.6 Å². The van der Waals surface area contributed by atoms with Crippen molar-refractivity contribution in [3.05, 3.63) is 82.8 Å². The number of anilines is 7. The predicted molar refractivity (Wildman–Crippen MR) is 225 cm³/mol. The number of carbonyl (C=O) groups excluding carboxylic acids is 3. The average molecular weight is 840 g/mol. The summed E-state index contributed by atoms with van der Waals surface area (Å²) in [5, 5.41) is 12.7. The first-order valence-electron chi connectivity index (χ1n) is 19.2. The van der Waals surface area contributed by atoms with E-state index in [9.17, 15) is 22.8 Å². The highest BCUT2D eigenvalue weighted by Gasteiger charge is 2.40. The largest absolute Gasteiger partial charge is 0.494 e. The number of methoxy groups -OCH3 is 1. The first kappa shape index (κ1) is 39.6. The summed E-state index contributed by atoms with van der Waals surface area (Å²) < 4.78 is 33.0. The van der Waals surface area contributed by atoms with Gasteiger partial charge in [-0.15, -0.1) is 0 Å². The van der Waals surface area contributed by atoms with E-state index in [4.69, 9.17) is 16.3 Å². The third kappa shape index (κ3) is 8.22. The van der Waals surface area contributed by atoms with Gasteiger partial charge >= 0.3 is 0 Å². The Morgan fingerprint density at radius 3 is 2.51 bits per heavy atom. The molecular formula is C40H42ClN11O6S. The number of imide groups is 1. The van der Waals surface area contributed by atoms with Crippen molar-refractivity contribution in [3.8, 4) is 5.75 Å². The Kier molecular flexibility index (Phi) is 10.8. The molecule has 0 spiro atoms. The van der Waals surface area contributed by atoms with Gasteiger partial charge in [0.15, 0.2) is 5.82 Å². The number of aromatic nitrogens is 4. The van der Waals surface area contributed by atoms with Gasteiger partial charge in [0, 0.05) is 73.1 Å². The Hall–Kier alpha value is -6.27. The lowest BCUT2D eigenvalue weighted by Gasteiger charge is -2.36. The molecule has 59 heavy (non-hydrogen) atoms.